The van der Waals surface area contributed by atoms with Crippen LogP contribution in [0.15, 0.2) is 48.5 Å². The van der Waals surface area contributed by atoms with E-state index in [4.69, 9.17) is 9.90 Å². The lowest BCUT2D eigenvalue weighted by Gasteiger charge is -2.24. The molecule has 1 unspecified atom stereocenters. The molecule has 2 fully saturated rings. The molecule has 2 heterocycles. The normalized spacial score (nSPS) is 21.0. The Morgan fingerprint density at radius 2 is 1.69 bits per heavy atom. The fourth-order valence-corrected chi connectivity index (χ4v) is 4.06. The molecule has 1 amide bonds. The van der Waals surface area contributed by atoms with Crippen LogP contribution in [0.3, 0.4) is 0 Å². The molecule has 5 nitrogen and oxygen atoms in total. The topological polar surface area (TPSA) is 60.9 Å². The van der Waals surface area contributed by atoms with Crippen LogP contribution in [0, 0.1) is 17.0 Å². The molecule has 0 aromatic heterocycles. The van der Waals surface area contributed by atoms with Gasteiger partial charge in [0, 0.05) is 37.2 Å². The van der Waals surface area contributed by atoms with Gasteiger partial charge in [-0.15, -0.1) is 0 Å². The number of carboxylic acid groups (broad SMARTS) is 1. The third kappa shape index (κ3) is 5.82. The standard InChI is InChI=1S/C20H20F2N2O.C2HF3O2/c21-16-6-4-15(5-7-16)12-23-9-8-20(13-23)11-19(25)24(14-20)18-3-1-2-17(22)10-18;3-2(4,5)1(6)7/h1-7,10H,8-9,11-14H2;(H,6,7). The van der Waals surface area contributed by atoms with Gasteiger partial charge in [0.1, 0.15) is 11.6 Å². The van der Waals surface area contributed by atoms with Gasteiger partial charge >= 0.3 is 12.1 Å². The molecule has 2 aromatic rings. The molecule has 2 aliphatic heterocycles. The number of anilines is 1. The molecule has 0 aliphatic carbocycles. The number of likely N-dealkylation sites (tertiary alicyclic amines) is 1. The third-order valence-corrected chi connectivity index (χ3v) is 5.52. The number of amides is 1. The molecule has 172 valence electrons. The molecule has 2 aromatic carbocycles. The Bertz CT molecular complexity index is 980. The summed E-state index contributed by atoms with van der Waals surface area (Å²) in [5, 5.41) is 7.12. The maximum Gasteiger partial charge on any atom is 0.490 e. The third-order valence-electron chi connectivity index (χ3n) is 5.52. The maximum atomic E-state index is 13.5. The highest BCUT2D eigenvalue weighted by Crippen LogP contribution is 2.42. The van der Waals surface area contributed by atoms with Crippen LogP contribution < -0.4 is 4.90 Å². The SMILES string of the molecule is O=C(O)C(F)(F)F.O=C1CC2(CCN(Cc3ccc(F)cc3)C2)CN1c1cccc(F)c1. The lowest BCUT2D eigenvalue weighted by Crippen LogP contribution is -2.31. The predicted octanol–water partition coefficient (Wildman–Crippen LogP) is 4.23. The number of carboxylic acids is 1. The molecule has 4 rings (SSSR count). The minimum absolute atomic E-state index is 0.0641. The molecule has 1 spiro atoms. The van der Waals surface area contributed by atoms with Crippen LogP contribution in [-0.2, 0) is 16.1 Å². The van der Waals surface area contributed by atoms with Crippen molar-refractivity contribution in [2.24, 2.45) is 5.41 Å². The second kappa shape index (κ2) is 9.23. The summed E-state index contributed by atoms with van der Waals surface area (Å²) in [7, 11) is 0. The minimum Gasteiger partial charge on any atom is -0.475 e. The average molecular weight is 456 g/mol. The molecule has 32 heavy (non-hydrogen) atoms. The number of nitrogens with zero attached hydrogens (tertiary/aromatic N) is 2. The zero-order chi connectivity index (χ0) is 23.5. The lowest BCUT2D eigenvalue weighted by molar-refractivity contribution is -0.192. The Labute approximate surface area is 181 Å². The van der Waals surface area contributed by atoms with Gasteiger partial charge in [-0.25, -0.2) is 13.6 Å². The van der Waals surface area contributed by atoms with Crippen LogP contribution in [0.4, 0.5) is 27.6 Å². The number of benzene rings is 2. The van der Waals surface area contributed by atoms with Crippen molar-refractivity contribution in [1.29, 1.82) is 0 Å². The van der Waals surface area contributed by atoms with E-state index < -0.39 is 12.1 Å². The fraction of sp³-hybridized carbons (Fsp3) is 0.364. The van der Waals surface area contributed by atoms with E-state index in [1.54, 1.807) is 29.2 Å². The van der Waals surface area contributed by atoms with Crippen LogP contribution in [0.25, 0.3) is 0 Å². The highest BCUT2D eigenvalue weighted by molar-refractivity contribution is 5.96. The van der Waals surface area contributed by atoms with E-state index >= 15 is 0 Å². The molecule has 0 saturated carbocycles. The van der Waals surface area contributed by atoms with Crippen LogP contribution in [0.5, 0.6) is 0 Å². The second-order valence-corrected chi connectivity index (χ2v) is 8.03. The zero-order valence-corrected chi connectivity index (χ0v) is 16.9. The number of halogens is 5. The Morgan fingerprint density at radius 1 is 1.03 bits per heavy atom. The molecule has 2 saturated heterocycles. The van der Waals surface area contributed by atoms with Crippen molar-refractivity contribution in [3.63, 3.8) is 0 Å². The molecule has 1 atom stereocenters. The summed E-state index contributed by atoms with van der Waals surface area (Å²) in [5.41, 5.74) is 1.65. The first-order valence-electron chi connectivity index (χ1n) is 9.80. The summed E-state index contributed by atoms with van der Waals surface area (Å²) in [6.45, 7) is 3.15. The van der Waals surface area contributed by atoms with E-state index in [1.165, 1.54) is 24.3 Å². The second-order valence-electron chi connectivity index (χ2n) is 8.03. The van der Waals surface area contributed by atoms with E-state index in [1.807, 2.05) is 0 Å². The van der Waals surface area contributed by atoms with Crippen molar-refractivity contribution < 1.29 is 36.6 Å². The maximum absolute atomic E-state index is 13.5. The number of carbonyl (C=O) groups excluding carboxylic acids is 1. The van der Waals surface area contributed by atoms with Crippen molar-refractivity contribution in [3.8, 4) is 0 Å². The first-order chi connectivity index (χ1) is 15.0. The molecular formula is C22H21F5N2O3. The van der Waals surface area contributed by atoms with Crippen molar-refractivity contribution in [2.75, 3.05) is 24.5 Å². The van der Waals surface area contributed by atoms with Gasteiger partial charge in [-0.05, 0) is 48.9 Å². The van der Waals surface area contributed by atoms with E-state index in [0.717, 1.165) is 31.6 Å². The summed E-state index contributed by atoms with van der Waals surface area (Å²) in [5.74, 6) is -3.24. The van der Waals surface area contributed by atoms with E-state index in [-0.39, 0.29) is 23.0 Å². The quantitative estimate of drug-likeness (QED) is 0.703. The summed E-state index contributed by atoms with van der Waals surface area (Å²) in [6, 6.07) is 12.8. The monoisotopic (exact) mass is 456 g/mol. The van der Waals surface area contributed by atoms with Gasteiger partial charge in [-0.2, -0.15) is 13.2 Å². The first kappa shape index (κ1) is 23.6. The highest BCUT2D eigenvalue weighted by Gasteiger charge is 2.47. The van der Waals surface area contributed by atoms with Crippen molar-refractivity contribution >= 4 is 17.6 Å². The number of alkyl halides is 3. The number of hydrogen-bond donors (Lipinski definition) is 1. The molecule has 1 N–H and O–H groups in total. The Kier molecular flexibility index (Phi) is 6.82. The van der Waals surface area contributed by atoms with Gasteiger partial charge in [-0.1, -0.05) is 18.2 Å². The molecule has 2 aliphatic rings. The average Bonchev–Trinajstić information content (AvgIpc) is 3.25. The number of hydrogen-bond acceptors (Lipinski definition) is 3. The molecule has 0 radical (unpaired) electrons. The van der Waals surface area contributed by atoms with Gasteiger partial charge in [-0.3, -0.25) is 9.69 Å². The summed E-state index contributed by atoms with van der Waals surface area (Å²) in [6.07, 6.45) is -3.63. The van der Waals surface area contributed by atoms with Crippen molar-refractivity contribution in [2.45, 2.75) is 25.6 Å². The Morgan fingerprint density at radius 3 is 2.28 bits per heavy atom. The van der Waals surface area contributed by atoms with Crippen LogP contribution in [-0.4, -0.2) is 47.7 Å². The minimum atomic E-state index is -5.08. The Hall–Kier alpha value is -3.01. The van der Waals surface area contributed by atoms with E-state index in [0.29, 0.717) is 18.7 Å². The number of rotatable bonds is 3. The van der Waals surface area contributed by atoms with Crippen molar-refractivity contribution in [1.82, 2.24) is 4.90 Å². The van der Waals surface area contributed by atoms with Crippen LogP contribution in [0.1, 0.15) is 18.4 Å². The summed E-state index contributed by atoms with van der Waals surface area (Å²) in [4.78, 5) is 25.4. The highest BCUT2D eigenvalue weighted by atomic mass is 19.4. The van der Waals surface area contributed by atoms with Gasteiger partial charge < -0.3 is 10.0 Å². The zero-order valence-electron chi connectivity index (χ0n) is 16.9. The summed E-state index contributed by atoms with van der Waals surface area (Å²) >= 11 is 0. The predicted molar refractivity (Wildman–Crippen MR) is 106 cm³/mol. The van der Waals surface area contributed by atoms with E-state index in [2.05, 4.69) is 4.90 Å². The smallest absolute Gasteiger partial charge is 0.475 e. The van der Waals surface area contributed by atoms with Gasteiger partial charge in [0.25, 0.3) is 0 Å². The largest absolute Gasteiger partial charge is 0.490 e. The van der Waals surface area contributed by atoms with E-state index in [9.17, 15) is 26.7 Å². The Balaban J connectivity index is 0.000000360. The lowest BCUT2D eigenvalue weighted by atomic mass is 9.86. The molecule has 10 heteroatoms. The fourth-order valence-electron chi connectivity index (χ4n) is 4.06. The van der Waals surface area contributed by atoms with Gasteiger partial charge in [0.15, 0.2) is 0 Å². The number of aliphatic carboxylic acids is 1. The molecule has 0 bridgehead atoms. The summed E-state index contributed by atoms with van der Waals surface area (Å²) < 4.78 is 58.2. The van der Waals surface area contributed by atoms with Crippen LogP contribution in [0.2, 0.25) is 0 Å². The van der Waals surface area contributed by atoms with Gasteiger partial charge in [0.2, 0.25) is 5.91 Å². The molecular weight excluding hydrogens is 435 g/mol. The number of carbonyl (C=O) groups is 2. The van der Waals surface area contributed by atoms with Crippen molar-refractivity contribution in [3.05, 3.63) is 65.7 Å². The van der Waals surface area contributed by atoms with Crippen LogP contribution >= 0.6 is 0 Å². The van der Waals surface area contributed by atoms with Gasteiger partial charge in [0.05, 0.1) is 0 Å². The first-order valence-corrected chi connectivity index (χ1v) is 9.80.